The molecule has 0 aliphatic carbocycles. The minimum absolute atomic E-state index is 0.0818. The molecule has 4 aromatic rings. The quantitative estimate of drug-likeness (QED) is 0.275. The maximum Gasteiger partial charge on any atom is 0.342 e. The van der Waals surface area contributed by atoms with Gasteiger partial charge in [-0.3, -0.25) is 5.32 Å². The van der Waals surface area contributed by atoms with Crippen molar-refractivity contribution in [2.45, 2.75) is 13.8 Å². The second-order valence-corrected chi connectivity index (χ2v) is 7.83. The van der Waals surface area contributed by atoms with Gasteiger partial charge in [-0.25, -0.2) is 24.6 Å². The van der Waals surface area contributed by atoms with Crippen LogP contribution in [0, 0.1) is 12.7 Å². The van der Waals surface area contributed by atoms with Gasteiger partial charge in [-0.15, -0.1) is 0 Å². The first-order valence-electron chi connectivity index (χ1n) is 10.9. The van der Waals surface area contributed by atoms with E-state index in [2.05, 4.69) is 25.8 Å². The number of aryl methyl sites for hydroxylation is 1. The third-order valence-corrected chi connectivity index (χ3v) is 5.27. The predicted octanol–water partition coefficient (Wildman–Crippen LogP) is 5.81. The molecule has 1 heterocycles. The standard InChI is InChI=1S/C27H24FN5O2/c1-17-4-6-19(7-5-17)18(2)32-33-27(34)31-26-29-24(20-8-12-22(28)13-9-20)16-25(30-26)21-10-14-23(35-3)15-11-21/h4-16H,1-3H3,(H2,29,30,31,33,34)/b32-18-. The van der Waals surface area contributed by atoms with Gasteiger partial charge in [0.1, 0.15) is 11.6 Å². The van der Waals surface area contributed by atoms with E-state index in [0.29, 0.717) is 28.4 Å². The summed E-state index contributed by atoms with van der Waals surface area (Å²) in [4.78, 5) is 21.5. The van der Waals surface area contributed by atoms with E-state index < -0.39 is 6.03 Å². The molecule has 0 atom stereocenters. The lowest BCUT2D eigenvalue weighted by molar-refractivity contribution is 0.252. The number of hydrazone groups is 1. The monoisotopic (exact) mass is 469 g/mol. The average Bonchev–Trinajstić information content (AvgIpc) is 2.88. The lowest BCUT2D eigenvalue weighted by Crippen LogP contribution is -2.26. The summed E-state index contributed by atoms with van der Waals surface area (Å²) in [6, 6.07) is 22.3. The molecule has 0 spiro atoms. The Labute approximate surface area is 202 Å². The van der Waals surface area contributed by atoms with Gasteiger partial charge >= 0.3 is 6.03 Å². The number of carbonyl (C=O) groups excluding carboxylic acids is 1. The molecule has 2 amide bonds. The minimum atomic E-state index is -0.589. The smallest absolute Gasteiger partial charge is 0.342 e. The summed E-state index contributed by atoms with van der Waals surface area (Å²) in [5.41, 5.74) is 7.75. The van der Waals surface area contributed by atoms with E-state index in [1.165, 1.54) is 12.1 Å². The second kappa shape index (κ2) is 10.6. The van der Waals surface area contributed by atoms with Crippen molar-refractivity contribution in [1.29, 1.82) is 0 Å². The number of aromatic nitrogens is 2. The predicted molar refractivity (Wildman–Crippen MR) is 135 cm³/mol. The first-order chi connectivity index (χ1) is 16.9. The molecular formula is C27H24FN5O2. The van der Waals surface area contributed by atoms with E-state index >= 15 is 0 Å². The zero-order valence-corrected chi connectivity index (χ0v) is 19.5. The molecule has 0 radical (unpaired) electrons. The van der Waals surface area contributed by atoms with E-state index in [4.69, 9.17) is 4.74 Å². The summed E-state index contributed by atoms with van der Waals surface area (Å²) in [6.45, 7) is 3.81. The summed E-state index contributed by atoms with van der Waals surface area (Å²) in [7, 11) is 1.59. The number of amides is 2. The van der Waals surface area contributed by atoms with E-state index in [1.54, 1.807) is 32.2 Å². The van der Waals surface area contributed by atoms with Crippen LogP contribution in [0.1, 0.15) is 18.1 Å². The number of nitrogens with one attached hydrogen (secondary N) is 2. The Morgan fingerprint density at radius 2 is 1.46 bits per heavy atom. The van der Waals surface area contributed by atoms with E-state index in [9.17, 15) is 9.18 Å². The van der Waals surface area contributed by atoms with Crippen LogP contribution in [0.2, 0.25) is 0 Å². The molecule has 7 nitrogen and oxygen atoms in total. The molecule has 0 saturated heterocycles. The minimum Gasteiger partial charge on any atom is -0.497 e. The largest absolute Gasteiger partial charge is 0.497 e. The van der Waals surface area contributed by atoms with Crippen molar-refractivity contribution in [2.75, 3.05) is 12.4 Å². The number of methoxy groups -OCH3 is 1. The molecule has 2 N–H and O–H groups in total. The van der Waals surface area contributed by atoms with Crippen LogP contribution in [-0.2, 0) is 0 Å². The SMILES string of the molecule is COc1ccc(-c2cc(-c3ccc(F)cc3)nc(NC(=O)N/N=C(/C)c3ccc(C)cc3)n2)cc1. The third kappa shape index (κ3) is 6.05. The average molecular weight is 470 g/mol. The molecular weight excluding hydrogens is 445 g/mol. The number of rotatable bonds is 6. The van der Waals surface area contributed by atoms with Crippen LogP contribution in [0.25, 0.3) is 22.5 Å². The Morgan fingerprint density at radius 3 is 2.03 bits per heavy atom. The van der Waals surface area contributed by atoms with Crippen molar-refractivity contribution in [2.24, 2.45) is 5.10 Å². The van der Waals surface area contributed by atoms with Crippen molar-refractivity contribution < 1.29 is 13.9 Å². The fourth-order valence-corrected chi connectivity index (χ4v) is 3.30. The van der Waals surface area contributed by atoms with Crippen LogP contribution in [0.3, 0.4) is 0 Å². The lowest BCUT2D eigenvalue weighted by Gasteiger charge is -2.10. The topological polar surface area (TPSA) is 88.5 Å². The summed E-state index contributed by atoms with van der Waals surface area (Å²) >= 11 is 0. The molecule has 0 unspecified atom stereocenters. The van der Waals surface area contributed by atoms with Gasteiger partial charge < -0.3 is 4.74 Å². The van der Waals surface area contributed by atoms with Crippen LogP contribution in [-0.4, -0.2) is 28.8 Å². The van der Waals surface area contributed by atoms with Crippen molar-refractivity contribution in [3.63, 3.8) is 0 Å². The van der Waals surface area contributed by atoms with Crippen LogP contribution in [0.15, 0.2) is 84.0 Å². The molecule has 3 aromatic carbocycles. The van der Waals surface area contributed by atoms with Crippen LogP contribution in [0.5, 0.6) is 5.75 Å². The molecule has 35 heavy (non-hydrogen) atoms. The van der Waals surface area contributed by atoms with E-state index in [1.807, 2.05) is 55.5 Å². The Kier molecular flexibility index (Phi) is 7.11. The molecule has 0 aliphatic heterocycles. The van der Waals surface area contributed by atoms with Gasteiger partial charge in [-0.05, 0) is 74.0 Å². The van der Waals surface area contributed by atoms with Gasteiger partial charge in [0.25, 0.3) is 0 Å². The molecule has 8 heteroatoms. The first-order valence-corrected chi connectivity index (χ1v) is 10.9. The van der Waals surface area contributed by atoms with Gasteiger partial charge in [0, 0.05) is 11.1 Å². The maximum atomic E-state index is 13.4. The Hall–Kier alpha value is -4.59. The van der Waals surface area contributed by atoms with Crippen molar-refractivity contribution in [1.82, 2.24) is 15.4 Å². The number of anilines is 1. The Morgan fingerprint density at radius 1 is 0.886 bits per heavy atom. The molecule has 0 bridgehead atoms. The van der Waals surface area contributed by atoms with Crippen molar-refractivity contribution in [3.8, 4) is 28.3 Å². The highest BCUT2D eigenvalue weighted by atomic mass is 19.1. The molecule has 4 rings (SSSR count). The van der Waals surface area contributed by atoms with Gasteiger partial charge in [0.2, 0.25) is 5.95 Å². The Bertz CT molecular complexity index is 1350. The highest BCUT2D eigenvalue weighted by Crippen LogP contribution is 2.26. The molecule has 0 aliphatic rings. The van der Waals surface area contributed by atoms with Gasteiger partial charge in [0.05, 0.1) is 24.2 Å². The van der Waals surface area contributed by atoms with Crippen molar-refractivity contribution >= 4 is 17.7 Å². The summed E-state index contributed by atoms with van der Waals surface area (Å²) < 4.78 is 18.7. The molecule has 176 valence electrons. The number of ether oxygens (including phenoxy) is 1. The van der Waals surface area contributed by atoms with Crippen LogP contribution < -0.4 is 15.5 Å². The normalized spacial score (nSPS) is 11.1. The maximum absolute atomic E-state index is 13.4. The summed E-state index contributed by atoms with van der Waals surface area (Å²) in [5.74, 6) is 0.442. The highest BCUT2D eigenvalue weighted by molar-refractivity contribution is 5.99. The zero-order chi connectivity index (χ0) is 24.8. The second-order valence-electron chi connectivity index (χ2n) is 7.83. The zero-order valence-electron chi connectivity index (χ0n) is 19.5. The fourth-order valence-electron chi connectivity index (χ4n) is 3.30. The number of carbonyl (C=O) groups is 1. The summed E-state index contributed by atoms with van der Waals surface area (Å²) in [5, 5.41) is 6.79. The van der Waals surface area contributed by atoms with Gasteiger partial charge in [-0.2, -0.15) is 5.10 Å². The Balaban J connectivity index is 1.60. The molecule has 0 fully saturated rings. The highest BCUT2D eigenvalue weighted by Gasteiger charge is 2.12. The number of benzene rings is 3. The van der Waals surface area contributed by atoms with Crippen LogP contribution in [0.4, 0.5) is 15.1 Å². The number of hydrogen-bond donors (Lipinski definition) is 2. The third-order valence-electron chi connectivity index (χ3n) is 5.27. The van der Waals surface area contributed by atoms with E-state index in [0.717, 1.165) is 16.7 Å². The number of nitrogens with zero attached hydrogens (tertiary/aromatic N) is 3. The van der Waals surface area contributed by atoms with Crippen molar-refractivity contribution in [3.05, 3.63) is 95.8 Å². The lowest BCUT2D eigenvalue weighted by atomic mass is 10.1. The van der Waals surface area contributed by atoms with Gasteiger partial charge in [-0.1, -0.05) is 29.8 Å². The fraction of sp³-hybridized carbons (Fsp3) is 0.111. The molecule has 0 saturated carbocycles. The summed E-state index contributed by atoms with van der Waals surface area (Å²) in [6.07, 6.45) is 0. The molecule has 1 aromatic heterocycles. The number of halogens is 1. The number of urea groups is 1. The van der Waals surface area contributed by atoms with Gasteiger partial charge in [0.15, 0.2) is 0 Å². The van der Waals surface area contributed by atoms with Crippen LogP contribution >= 0.6 is 0 Å². The number of hydrogen-bond acceptors (Lipinski definition) is 5. The first kappa shape index (κ1) is 23.6. The van der Waals surface area contributed by atoms with E-state index in [-0.39, 0.29) is 11.8 Å².